The van der Waals surface area contributed by atoms with Gasteiger partial charge in [-0.3, -0.25) is 9.78 Å². The number of nitrogens with zero attached hydrogens (tertiary/aromatic N) is 5. The van der Waals surface area contributed by atoms with E-state index in [0.717, 1.165) is 16.8 Å². The van der Waals surface area contributed by atoms with Gasteiger partial charge in [0.05, 0.1) is 6.04 Å². The van der Waals surface area contributed by atoms with Crippen molar-refractivity contribution in [3.63, 3.8) is 0 Å². The van der Waals surface area contributed by atoms with Crippen LogP contribution in [-0.2, 0) is 10.5 Å². The number of aromatic nitrogens is 4. The Labute approximate surface area is 206 Å². The van der Waals surface area contributed by atoms with Crippen molar-refractivity contribution in [2.24, 2.45) is 10.9 Å². The van der Waals surface area contributed by atoms with Crippen LogP contribution in [0.1, 0.15) is 24.1 Å². The second-order valence-corrected chi connectivity index (χ2v) is 9.19. The Hall–Kier alpha value is -3.49. The first-order valence-electron chi connectivity index (χ1n) is 10.7. The maximum absolute atomic E-state index is 13.4. The molecule has 2 aromatic heterocycles. The Morgan fingerprint density at radius 2 is 1.88 bits per heavy atom. The molecule has 0 bridgehead atoms. The fraction of sp³-hybridized carbons (Fsp3) is 0.160. The molecular formula is C25H21ClN6OS. The summed E-state index contributed by atoms with van der Waals surface area (Å²) in [6.07, 6.45) is 3.47. The fourth-order valence-electron chi connectivity index (χ4n) is 3.93. The second-order valence-electron chi connectivity index (χ2n) is 7.84. The third-order valence-electron chi connectivity index (χ3n) is 5.56. The number of pyridine rings is 1. The number of nitrogens with one attached hydrogen (secondary N) is 1. The number of carbonyl (C=O) groups excluding carboxylic acids is 1. The molecule has 1 aliphatic heterocycles. The molecule has 2 atom stereocenters. The number of para-hydroxylation sites is 1. The molecule has 0 fully saturated rings. The zero-order valence-corrected chi connectivity index (χ0v) is 19.9. The van der Waals surface area contributed by atoms with E-state index in [-0.39, 0.29) is 5.91 Å². The van der Waals surface area contributed by atoms with Crippen LogP contribution in [-0.4, -0.2) is 31.4 Å². The summed E-state index contributed by atoms with van der Waals surface area (Å²) in [5, 5.41) is 9.03. The van der Waals surface area contributed by atoms with Gasteiger partial charge < -0.3 is 5.32 Å². The van der Waals surface area contributed by atoms with E-state index >= 15 is 0 Å². The topological polar surface area (TPSA) is 85.1 Å². The van der Waals surface area contributed by atoms with Crippen molar-refractivity contribution in [1.29, 1.82) is 0 Å². The molecule has 0 radical (unpaired) electrons. The number of rotatable bonds is 6. The number of anilines is 1. The molecule has 0 saturated heterocycles. The predicted molar refractivity (Wildman–Crippen MR) is 135 cm³/mol. The smallest absolute Gasteiger partial charge is 0.249 e. The Bertz CT molecular complexity index is 1340. The number of hydrogen-bond acceptors (Lipinski definition) is 6. The first-order chi connectivity index (χ1) is 16.6. The number of fused-ring (bicyclic) bond motifs is 1. The van der Waals surface area contributed by atoms with Crippen LogP contribution in [0, 0.1) is 5.92 Å². The lowest BCUT2D eigenvalue weighted by Gasteiger charge is -2.30. The van der Waals surface area contributed by atoms with Crippen molar-refractivity contribution in [3.05, 3.63) is 95.3 Å². The van der Waals surface area contributed by atoms with E-state index in [1.807, 2.05) is 73.7 Å². The van der Waals surface area contributed by atoms with Crippen LogP contribution in [0.3, 0.4) is 0 Å². The molecule has 7 nitrogen and oxygen atoms in total. The lowest BCUT2D eigenvalue weighted by atomic mass is 9.88. The summed E-state index contributed by atoms with van der Waals surface area (Å²) < 4.78 is 1.73. The van der Waals surface area contributed by atoms with Crippen molar-refractivity contribution in [3.8, 4) is 0 Å². The Morgan fingerprint density at radius 1 is 1.09 bits per heavy atom. The molecule has 170 valence electrons. The van der Waals surface area contributed by atoms with Gasteiger partial charge in [-0.2, -0.15) is 4.98 Å². The Kier molecular flexibility index (Phi) is 6.42. The molecule has 1 aliphatic rings. The van der Waals surface area contributed by atoms with Crippen molar-refractivity contribution < 1.29 is 4.79 Å². The van der Waals surface area contributed by atoms with Crippen LogP contribution in [0.2, 0.25) is 5.02 Å². The highest BCUT2D eigenvalue weighted by Crippen LogP contribution is 2.37. The molecule has 3 heterocycles. The zero-order chi connectivity index (χ0) is 23.5. The predicted octanol–water partition coefficient (Wildman–Crippen LogP) is 5.57. The summed E-state index contributed by atoms with van der Waals surface area (Å²) in [5.74, 6) is 0.367. The average Bonchev–Trinajstić information content (AvgIpc) is 3.26. The van der Waals surface area contributed by atoms with E-state index in [2.05, 4.69) is 20.3 Å². The van der Waals surface area contributed by atoms with Crippen LogP contribution in [0.5, 0.6) is 0 Å². The second kappa shape index (κ2) is 9.79. The lowest BCUT2D eigenvalue weighted by Crippen LogP contribution is -2.39. The summed E-state index contributed by atoms with van der Waals surface area (Å²) in [6.45, 7) is 1.85. The molecule has 2 aromatic carbocycles. The summed E-state index contributed by atoms with van der Waals surface area (Å²) in [6, 6.07) is 20.5. The number of amides is 1. The van der Waals surface area contributed by atoms with Gasteiger partial charge >= 0.3 is 0 Å². The fourth-order valence-corrected chi connectivity index (χ4v) is 5.04. The summed E-state index contributed by atoms with van der Waals surface area (Å²) in [7, 11) is 0. The Balaban J connectivity index is 1.48. The van der Waals surface area contributed by atoms with E-state index in [9.17, 15) is 4.79 Å². The van der Waals surface area contributed by atoms with E-state index in [0.29, 0.717) is 27.6 Å². The van der Waals surface area contributed by atoms with Crippen molar-refractivity contribution in [1.82, 2.24) is 19.7 Å². The third-order valence-corrected chi connectivity index (χ3v) is 6.82. The lowest BCUT2D eigenvalue weighted by molar-refractivity contribution is -0.118. The number of carbonyl (C=O) groups is 1. The van der Waals surface area contributed by atoms with Crippen LogP contribution >= 0.6 is 23.4 Å². The maximum atomic E-state index is 13.4. The molecular weight excluding hydrogens is 468 g/mol. The molecule has 1 amide bonds. The molecule has 4 aromatic rings. The van der Waals surface area contributed by atoms with Gasteiger partial charge in [-0.25, -0.2) is 9.67 Å². The van der Waals surface area contributed by atoms with Gasteiger partial charge in [0, 0.05) is 34.6 Å². The standard InChI is InChI=1S/C25H21ClN6OS/c1-16-21(23(33)29-19-10-3-2-4-11-19)22(17-9-7-13-27-14-17)32-24(28-16)30-25(31-32)34-15-18-8-5-6-12-20(18)26/h2-14,21-22H,15H2,1H3,(H,29,33). The zero-order valence-electron chi connectivity index (χ0n) is 18.3. The number of halogens is 1. The van der Waals surface area contributed by atoms with E-state index in [1.165, 1.54) is 11.8 Å². The minimum absolute atomic E-state index is 0.160. The monoisotopic (exact) mass is 488 g/mol. The van der Waals surface area contributed by atoms with Gasteiger partial charge in [0.1, 0.15) is 5.92 Å². The maximum Gasteiger partial charge on any atom is 0.249 e. The third kappa shape index (κ3) is 4.60. The number of thioether (sulfide) groups is 1. The largest absolute Gasteiger partial charge is 0.325 e. The van der Waals surface area contributed by atoms with E-state index in [1.54, 1.807) is 17.1 Å². The number of aliphatic imine (C=N–C) groups is 1. The van der Waals surface area contributed by atoms with Crippen molar-refractivity contribution in [2.75, 3.05) is 5.32 Å². The number of hydrogen-bond donors (Lipinski definition) is 1. The molecule has 0 spiro atoms. The molecule has 2 unspecified atom stereocenters. The first kappa shape index (κ1) is 22.3. The highest BCUT2D eigenvalue weighted by atomic mass is 35.5. The van der Waals surface area contributed by atoms with Crippen LogP contribution in [0.15, 0.2) is 89.3 Å². The van der Waals surface area contributed by atoms with Crippen LogP contribution in [0.25, 0.3) is 0 Å². The van der Waals surface area contributed by atoms with Crippen molar-refractivity contribution >= 4 is 46.6 Å². The minimum Gasteiger partial charge on any atom is -0.325 e. The quantitative estimate of drug-likeness (QED) is 0.359. The SMILES string of the molecule is CC1=Nc2nc(SCc3ccccc3Cl)nn2C(c2cccnc2)C1C(=O)Nc1ccccc1. The van der Waals surface area contributed by atoms with E-state index in [4.69, 9.17) is 16.7 Å². The first-order valence-corrected chi connectivity index (χ1v) is 12.1. The van der Waals surface area contributed by atoms with Gasteiger partial charge in [0.25, 0.3) is 0 Å². The number of benzene rings is 2. The van der Waals surface area contributed by atoms with Crippen LogP contribution in [0.4, 0.5) is 11.6 Å². The molecule has 0 saturated carbocycles. The minimum atomic E-state index is -0.569. The highest BCUT2D eigenvalue weighted by Gasteiger charge is 2.39. The van der Waals surface area contributed by atoms with Gasteiger partial charge in [0.2, 0.25) is 17.0 Å². The van der Waals surface area contributed by atoms with Crippen LogP contribution < -0.4 is 5.32 Å². The molecule has 1 N–H and O–H groups in total. The summed E-state index contributed by atoms with van der Waals surface area (Å²) in [4.78, 5) is 27.0. The van der Waals surface area contributed by atoms with Crippen molar-refractivity contribution in [2.45, 2.75) is 23.9 Å². The summed E-state index contributed by atoms with van der Waals surface area (Å²) >= 11 is 7.78. The molecule has 0 aliphatic carbocycles. The van der Waals surface area contributed by atoms with Gasteiger partial charge in [-0.15, -0.1) is 5.10 Å². The normalized spacial score (nSPS) is 17.1. The van der Waals surface area contributed by atoms with Gasteiger partial charge in [-0.05, 0) is 42.3 Å². The van der Waals surface area contributed by atoms with Gasteiger partial charge in [-0.1, -0.05) is 65.8 Å². The Morgan fingerprint density at radius 3 is 2.65 bits per heavy atom. The average molecular weight is 489 g/mol. The highest BCUT2D eigenvalue weighted by molar-refractivity contribution is 7.98. The van der Waals surface area contributed by atoms with Gasteiger partial charge in [0.15, 0.2) is 0 Å². The van der Waals surface area contributed by atoms with E-state index < -0.39 is 12.0 Å². The molecule has 5 rings (SSSR count). The molecule has 34 heavy (non-hydrogen) atoms. The molecule has 9 heteroatoms. The summed E-state index contributed by atoms with van der Waals surface area (Å²) in [5.41, 5.74) is 3.26.